The number of aromatic amines is 1. The van der Waals surface area contributed by atoms with E-state index in [0.717, 1.165) is 48.3 Å². The molecule has 3 aromatic rings. The summed E-state index contributed by atoms with van der Waals surface area (Å²) in [7, 11) is 0. The van der Waals surface area contributed by atoms with Crippen LogP contribution in [-0.2, 0) is 0 Å². The highest BCUT2D eigenvalue weighted by molar-refractivity contribution is 5.90. The highest BCUT2D eigenvalue weighted by Gasteiger charge is 2.19. The van der Waals surface area contributed by atoms with Crippen LogP contribution < -0.4 is 10.6 Å². The Bertz CT molecular complexity index is 995. The zero-order valence-corrected chi connectivity index (χ0v) is 15.5. The normalized spacial score (nSPS) is 17.2. The molecule has 3 aromatic heterocycles. The molecule has 4 heterocycles. The zero-order valence-electron chi connectivity index (χ0n) is 15.5. The summed E-state index contributed by atoms with van der Waals surface area (Å²) in [4.78, 5) is 13.6. The van der Waals surface area contributed by atoms with E-state index in [4.69, 9.17) is 10.2 Å². The van der Waals surface area contributed by atoms with E-state index in [9.17, 15) is 0 Å². The van der Waals surface area contributed by atoms with Crippen LogP contribution in [0.4, 0.5) is 5.95 Å². The minimum absolute atomic E-state index is 0.259. The standard InChI is InChI=1S/C19H22N8/c1-11(2)15-10-22-19(24-13-4-3-7-21-9-13)25-16(15)17-14-6-5-12(8-20)23-18(14)27-26-17/h5-6,10-11,13,21H,3-4,7,9H2,1-2H3,(H,22,24,25)(H,23,26,27)/t13-/m0/s1. The number of fused-ring (bicyclic) bond motifs is 1. The van der Waals surface area contributed by atoms with Crippen molar-refractivity contribution in [2.75, 3.05) is 18.4 Å². The number of nitriles is 1. The third-order valence-electron chi connectivity index (χ3n) is 4.84. The van der Waals surface area contributed by atoms with Crippen molar-refractivity contribution < 1.29 is 0 Å². The molecule has 0 unspecified atom stereocenters. The van der Waals surface area contributed by atoms with Crippen LogP contribution in [0.2, 0.25) is 0 Å². The maximum Gasteiger partial charge on any atom is 0.223 e. The van der Waals surface area contributed by atoms with E-state index in [-0.39, 0.29) is 5.92 Å². The van der Waals surface area contributed by atoms with Gasteiger partial charge in [0.25, 0.3) is 0 Å². The van der Waals surface area contributed by atoms with Gasteiger partial charge in [-0.15, -0.1) is 0 Å². The number of H-pyrrole nitrogens is 1. The average molecular weight is 362 g/mol. The van der Waals surface area contributed by atoms with Gasteiger partial charge in [0.2, 0.25) is 5.95 Å². The van der Waals surface area contributed by atoms with E-state index in [1.165, 1.54) is 0 Å². The van der Waals surface area contributed by atoms with Gasteiger partial charge < -0.3 is 10.6 Å². The quantitative estimate of drug-likeness (QED) is 0.653. The Morgan fingerprint density at radius 3 is 2.93 bits per heavy atom. The van der Waals surface area contributed by atoms with Gasteiger partial charge in [0.05, 0.1) is 11.4 Å². The first-order valence-corrected chi connectivity index (χ1v) is 9.25. The number of piperidine rings is 1. The molecule has 0 spiro atoms. The number of hydrogen-bond acceptors (Lipinski definition) is 7. The average Bonchev–Trinajstić information content (AvgIpc) is 3.11. The molecule has 0 aliphatic carbocycles. The van der Waals surface area contributed by atoms with E-state index in [1.807, 2.05) is 18.3 Å². The Labute approximate surface area is 157 Å². The molecular formula is C19H22N8. The van der Waals surface area contributed by atoms with E-state index in [1.54, 1.807) is 6.07 Å². The zero-order chi connectivity index (χ0) is 18.8. The Kier molecular flexibility index (Phi) is 4.69. The number of nitrogens with zero attached hydrogens (tertiary/aromatic N) is 5. The van der Waals surface area contributed by atoms with Crippen LogP contribution in [0.5, 0.6) is 0 Å². The largest absolute Gasteiger partial charge is 0.350 e. The van der Waals surface area contributed by atoms with Crippen LogP contribution in [-0.4, -0.2) is 44.3 Å². The predicted molar refractivity (Wildman–Crippen MR) is 103 cm³/mol. The fraction of sp³-hybridized carbons (Fsp3) is 0.421. The van der Waals surface area contributed by atoms with Crippen molar-refractivity contribution in [1.29, 1.82) is 5.26 Å². The Morgan fingerprint density at radius 2 is 2.19 bits per heavy atom. The Hall–Kier alpha value is -3.05. The van der Waals surface area contributed by atoms with Gasteiger partial charge in [0, 0.05) is 29.7 Å². The second-order valence-corrected chi connectivity index (χ2v) is 7.12. The summed E-state index contributed by atoms with van der Waals surface area (Å²) in [5, 5.41) is 24.1. The lowest BCUT2D eigenvalue weighted by molar-refractivity contribution is 0.478. The lowest BCUT2D eigenvalue weighted by Gasteiger charge is -2.24. The summed E-state index contributed by atoms with van der Waals surface area (Å²) in [6, 6.07) is 5.94. The molecule has 3 N–H and O–H groups in total. The van der Waals surface area contributed by atoms with Crippen LogP contribution in [0, 0.1) is 11.3 Å². The molecule has 4 rings (SSSR count). The van der Waals surface area contributed by atoms with Crippen molar-refractivity contribution in [1.82, 2.24) is 30.5 Å². The summed E-state index contributed by atoms with van der Waals surface area (Å²) in [5.41, 5.74) is 3.53. The number of hydrogen-bond donors (Lipinski definition) is 3. The van der Waals surface area contributed by atoms with Crippen molar-refractivity contribution in [2.24, 2.45) is 0 Å². The molecule has 8 nitrogen and oxygen atoms in total. The number of nitrogens with one attached hydrogen (secondary N) is 3. The molecule has 0 saturated carbocycles. The topological polar surface area (TPSA) is 115 Å². The molecule has 1 aliphatic heterocycles. The lowest BCUT2D eigenvalue weighted by atomic mass is 10.0. The van der Waals surface area contributed by atoms with E-state index < -0.39 is 0 Å². The summed E-state index contributed by atoms with van der Waals surface area (Å²) in [5.74, 6) is 0.877. The summed E-state index contributed by atoms with van der Waals surface area (Å²) >= 11 is 0. The molecule has 0 bridgehead atoms. The number of aromatic nitrogens is 5. The first kappa shape index (κ1) is 17.4. The molecule has 0 amide bonds. The third kappa shape index (κ3) is 3.46. The third-order valence-corrected chi connectivity index (χ3v) is 4.84. The van der Waals surface area contributed by atoms with Gasteiger partial charge >= 0.3 is 0 Å². The minimum Gasteiger partial charge on any atom is -0.350 e. The monoisotopic (exact) mass is 362 g/mol. The van der Waals surface area contributed by atoms with Crippen molar-refractivity contribution >= 4 is 17.0 Å². The van der Waals surface area contributed by atoms with Crippen molar-refractivity contribution in [2.45, 2.75) is 38.6 Å². The first-order valence-electron chi connectivity index (χ1n) is 9.25. The van der Waals surface area contributed by atoms with Gasteiger partial charge in [-0.05, 0) is 37.4 Å². The Morgan fingerprint density at radius 1 is 1.30 bits per heavy atom. The molecule has 138 valence electrons. The molecular weight excluding hydrogens is 340 g/mol. The Balaban J connectivity index is 1.75. The van der Waals surface area contributed by atoms with Gasteiger partial charge in [-0.25, -0.2) is 15.0 Å². The molecule has 8 heteroatoms. The smallest absolute Gasteiger partial charge is 0.223 e. The molecule has 1 aliphatic rings. The molecule has 27 heavy (non-hydrogen) atoms. The highest BCUT2D eigenvalue weighted by atomic mass is 15.2. The number of pyridine rings is 1. The summed E-state index contributed by atoms with van der Waals surface area (Å²) < 4.78 is 0. The van der Waals surface area contributed by atoms with Gasteiger partial charge in [-0.2, -0.15) is 10.4 Å². The van der Waals surface area contributed by atoms with Crippen LogP contribution in [0.25, 0.3) is 22.4 Å². The fourth-order valence-corrected chi connectivity index (χ4v) is 3.38. The van der Waals surface area contributed by atoms with Gasteiger partial charge in [0.1, 0.15) is 11.8 Å². The van der Waals surface area contributed by atoms with Crippen molar-refractivity contribution in [3.05, 3.63) is 29.6 Å². The van der Waals surface area contributed by atoms with Crippen molar-refractivity contribution in [3.8, 4) is 17.5 Å². The maximum absolute atomic E-state index is 9.05. The van der Waals surface area contributed by atoms with Crippen LogP contribution in [0.15, 0.2) is 18.3 Å². The summed E-state index contributed by atoms with van der Waals surface area (Å²) in [6.45, 7) is 6.21. The SMILES string of the molecule is CC(C)c1cnc(N[C@H]2CCCNC2)nc1-c1[nH]nc2nc(C#N)ccc12. The molecule has 1 atom stereocenters. The van der Waals surface area contributed by atoms with E-state index in [0.29, 0.717) is 23.3 Å². The molecule has 0 aromatic carbocycles. The van der Waals surface area contributed by atoms with Crippen LogP contribution in [0.1, 0.15) is 43.9 Å². The van der Waals surface area contributed by atoms with Crippen LogP contribution in [0.3, 0.4) is 0 Å². The van der Waals surface area contributed by atoms with Gasteiger partial charge in [-0.1, -0.05) is 13.8 Å². The van der Waals surface area contributed by atoms with E-state index in [2.05, 4.69) is 44.6 Å². The second kappa shape index (κ2) is 7.29. The second-order valence-electron chi connectivity index (χ2n) is 7.12. The minimum atomic E-state index is 0.259. The molecule has 0 radical (unpaired) electrons. The maximum atomic E-state index is 9.05. The molecule has 1 saturated heterocycles. The lowest BCUT2D eigenvalue weighted by Crippen LogP contribution is -2.38. The predicted octanol–water partition coefficient (Wildman–Crippen LogP) is 2.57. The van der Waals surface area contributed by atoms with E-state index >= 15 is 0 Å². The number of rotatable bonds is 4. The highest BCUT2D eigenvalue weighted by Crippen LogP contribution is 2.31. The number of anilines is 1. The van der Waals surface area contributed by atoms with Gasteiger partial charge in [0.15, 0.2) is 5.65 Å². The fourth-order valence-electron chi connectivity index (χ4n) is 3.38. The van der Waals surface area contributed by atoms with Crippen molar-refractivity contribution in [3.63, 3.8) is 0 Å². The summed E-state index contributed by atoms with van der Waals surface area (Å²) in [6.07, 6.45) is 4.13. The molecule has 1 fully saturated rings. The van der Waals surface area contributed by atoms with Crippen LogP contribution >= 0.6 is 0 Å². The first-order chi connectivity index (χ1) is 13.2. The van der Waals surface area contributed by atoms with Gasteiger partial charge in [-0.3, -0.25) is 5.10 Å².